The Hall–Kier alpha value is -1.74. The zero-order chi connectivity index (χ0) is 12.3. The highest BCUT2D eigenvalue weighted by atomic mass is 35.5. The predicted octanol–water partition coefficient (Wildman–Crippen LogP) is 3.20. The Balaban J connectivity index is 2.36. The van der Waals surface area contributed by atoms with Crippen LogP contribution in [-0.2, 0) is 4.79 Å². The zero-order valence-corrected chi connectivity index (χ0v) is 9.56. The largest absolute Gasteiger partial charge is 0.302 e. The molecule has 0 bridgehead atoms. The van der Waals surface area contributed by atoms with Gasteiger partial charge in [-0.3, -0.25) is 0 Å². The maximum Gasteiger partial charge on any atom is 0.131 e. The summed E-state index contributed by atoms with van der Waals surface area (Å²) in [5.41, 5.74) is 1.46. The highest BCUT2D eigenvalue weighted by molar-refractivity contribution is 6.29. The van der Waals surface area contributed by atoms with E-state index >= 15 is 0 Å². The minimum atomic E-state index is -0.444. The second kappa shape index (κ2) is 5.06. The summed E-state index contributed by atoms with van der Waals surface area (Å²) in [4.78, 5) is 15.0. The molecule has 2 nitrogen and oxygen atoms in total. The molecule has 0 radical (unpaired) electrons. The van der Waals surface area contributed by atoms with Crippen molar-refractivity contribution in [2.24, 2.45) is 0 Å². The van der Waals surface area contributed by atoms with Crippen LogP contribution >= 0.6 is 11.6 Å². The monoisotopic (exact) mass is 249 g/mol. The van der Waals surface area contributed by atoms with Crippen LogP contribution in [-0.4, -0.2) is 11.3 Å². The van der Waals surface area contributed by atoms with Crippen molar-refractivity contribution < 1.29 is 9.18 Å². The molecule has 1 heterocycles. The third-order valence-electron chi connectivity index (χ3n) is 2.47. The van der Waals surface area contributed by atoms with Gasteiger partial charge in [0, 0.05) is 6.20 Å². The third-order valence-corrected chi connectivity index (χ3v) is 2.70. The summed E-state index contributed by atoms with van der Waals surface area (Å²) in [5, 5.41) is 0.373. The molecule has 0 aliphatic rings. The highest BCUT2D eigenvalue weighted by Gasteiger charge is 2.13. The SMILES string of the molecule is O=CC(c1ccc(F)cc1)c1ccc(Cl)nc1. The third kappa shape index (κ3) is 2.68. The van der Waals surface area contributed by atoms with Gasteiger partial charge in [-0.1, -0.05) is 29.8 Å². The lowest BCUT2D eigenvalue weighted by Gasteiger charge is -2.10. The number of carbonyl (C=O) groups is 1. The maximum atomic E-state index is 12.8. The Kier molecular flexibility index (Phi) is 3.49. The van der Waals surface area contributed by atoms with Gasteiger partial charge in [0.25, 0.3) is 0 Å². The number of nitrogens with zero attached hydrogens (tertiary/aromatic N) is 1. The number of rotatable bonds is 3. The van der Waals surface area contributed by atoms with Crippen molar-refractivity contribution in [3.8, 4) is 0 Å². The zero-order valence-electron chi connectivity index (χ0n) is 8.81. The molecule has 0 saturated heterocycles. The average molecular weight is 250 g/mol. The summed E-state index contributed by atoms with van der Waals surface area (Å²) in [6.07, 6.45) is 2.35. The number of benzene rings is 1. The first kappa shape index (κ1) is 11.7. The second-order valence-corrected chi connectivity index (χ2v) is 3.97. The second-order valence-electron chi connectivity index (χ2n) is 3.58. The van der Waals surface area contributed by atoms with E-state index in [0.29, 0.717) is 5.15 Å². The lowest BCUT2D eigenvalue weighted by atomic mass is 9.94. The van der Waals surface area contributed by atoms with Crippen LogP contribution in [0.25, 0.3) is 0 Å². The molecule has 1 aromatic carbocycles. The lowest BCUT2D eigenvalue weighted by molar-refractivity contribution is -0.108. The quantitative estimate of drug-likeness (QED) is 0.618. The van der Waals surface area contributed by atoms with Crippen LogP contribution < -0.4 is 0 Å². The van der Waals surface area contributed by atoms with Crippen LogP contribution in [0.5, 0.6) is 0 Å². The standard InChI is InChI=1S/C13H9ClFNO/c14-13-6-3-10(7-16-13)12(8-17)9-1-4-11(15)5-2-9/h1-8,12H. The Bertz CT molecular complexity index is 464. The summed E-state index contributed by atoms with van der Waals surface area (Å²) in [6, 6.07) is 9.19. The Morgan fingerprint density at radius 1 is 1.12 bits per heavy atom. The fourth-order valence-electron chi connectivity index (χ4n) is 1.59. The molecule has 2 aromatic rings. The Morgan fingerprint density at radius 3 is 2.29 bits per heavy atom. The number of hydrogen-bond donors (Lipinski definition) is 0. The summed E-state index contributed by atoms with van der Waals surface area (Å²) in [5.74, 6) is -0.770. The molecule has 1 aromatic heterocycles. The molecule has 1 unspecified atom stereocenters. The maximum absolute atomic E-state index is 12.8. The summed E-state index contributed by atoms with van der Waals surface area (Å²) in [7, 11) is 0. The first-order valence-electron chi connectivity index (χ1n) is 5.03. The van der Waals surface area contributed by atoms with E-state index in [1.165, 1.54) is 12.1 Å². The number of halogens is 2. The van der Waals surface area contributed by atoms with Gasteiger partial charge in [-0.15, -0.1) is 0 Å². The molecule has 0 saturated carbocycles. The summed E-state index contributed by atoms with van der Waals surface area (Å²) >= 11 is 5.68. The predicted molar refractivity (Wildman–Crippen MR) is 63.6 cm³/mol. The average Bonchev–Trinajstić information content (AvgIpc) is 2.35. The van der Waals surface area contributed by atoms with E-state index in [4.69, 9.17) is 11.6 Å². The van der Waals surface area contributed by atoms with Gasteiger partial charge in [-0.25, -0.2) is 9.37 Å². The molecular weight excluding hydrogens is 241 g/mol. The van der Waals surface area contributed by atoms with Gasteiger partial charge >= 0.3 is 0 Å². The number of aldehydes is 1. The van der Waals surface area contributed by atoms with Crippen molar-refractivity contribution in [3.63, 3.8) is 0 Å². The molecule has 0 N–H and O–H groups in total. The van der Waals surface area contributed by atoms with E-state index in [1.54, 1.807) is 30.5 Å². The van der Waals surface area contributed by atoms with Crippen molar-refractivity contribution in [3.05, 3.63) is 64.7 Å². The molecule has 86 valence electrons. The minimum Gasteiger partial charge on any atom is -0.302 e. The summed E-state index contributed by atoms with van der Waals surface area (Å²) < 4.78 is 12.8. The van der Waals surface area contributed by atoms with Crippen LogP contribution in [0.4, 0.5) is 4.39 Å². The van der Waals surface area contributed by atoms with Crippen molar-refractivity contribution in [1.29, 1.82) is 0 Å². The van der Waals surface area contributed by atoms with Crippen molar-refractivity contribution >= 4 is 17.9 Å². The van der Waals surface area contributed by atoms with Gasteiger partial charge in [0.2, 0.25) is 0 Å². The first-order chi connectivity index (χ1) is 8.20. The topological polar surface area (TPSA) is 30.0 Å². The van der Waals surface area contributed by atoms with Crippen LogP contribution in [0.1, 0.15) is 17.0 Å². The molecule has 0 aliphatic carbocycles. The van der Waals surface area contributed by atoms with Gasteiger partial charge in [0.15, 0.2) is 0 Å². The van der Waals surface area contributed by atoms with E-state index in [9.17, 15) is 9.18 Å². The number of carbonyl (C=O) groups excluding carboxylic acids is 1. The smallest absolute Gasteiger partial charge is 0.131 e. The normalized spacial score (nSPS) is 12.1. The van der Waals surface area contributed by atoms with Crippen LogP contribution in [0.3, 0.4) is 0 Å². The molecule has 1 atom stereocenters. The van der Waals surface area contributed by atoms with E-state index in [2.05, 4.69) is 4.98 Å². The van der Waals surface area contributed by atoms with Gasteiger partial charge in [-0.2, -0.15) is 0 Å². The van der Waals surface area contributed by atoms with E-state index in [1.807, 2.05) is 0 Å². The van der Waals surface area contributed by atoms with Crippen molar-refractivity contribution in [2.45, 2.75) is 5.92 Å². The van der Waals surface area contributed by atoms with Gasteiger partial charge in [0.1, 0.15) is 17.3 Å². The van der Waals surface area contributed by atoms with Crippen molar-refractivity contribution in [2.75, 3.05) is 0 Å². The lowest BCUT2D eigenvalue weighted by Crippen LogP contribution is -2.02. The molecule has 4 heteroatoms. The number of pyridine rings is 1. The van der Waals surface area contributed by atoms with Gasteiger partial charge < -0.3 is 4.79 Å². The molecule has 0 aliphatic heterocycles. The summed E-state index contributed by atoms with van der Waals surface area (Å²) in [6.45, 7) is 0. The first-order valence-corrected chi connectivity index (χ1v) is 5.40. The minimum absolute atomic E-state index is 0.326. The van der Waals surface area contributed by atoms with E-state index in [0.717, 1.165) is 17.4 Å². The molecule has 17 heavy (non-hydrogen) atoms. The molecule has 0 spiro atoms. The Morgan fingerprint density at radius 2 is 1.76 bits per heavy atom. The fraction of sp³-hybridized carbons (Fsp3) is 0.0769. The van der Waals surface area contributed by atoms with Crippen LogP contribution in [0.15, 0.2) is 42.6 Å². The Labute approximate surface area is 103 Å². The number of aromatic nitrogens is 1. The highest BCUT2D eigenvalue weighted by Crippen LogP contribution is 2.23. The van der Waals surface area contributed by atoms with Crippen LogP contribution in [0, 0.1) is 5.82 Å². The van der Waals surface area contributed by atoms with Crippen molar-refractivity contribution in [1.82, 2.24) is 4.98 Å². The van der Waals surface area contributed by atoms with E-state index in [-0.39, 0.29) is 5.82 Å². The fourth-order valence-corrected chi connectivity index (χ4v) is 1.70. The molecule has 0 fully saturated rings. The molecule has 0 amide bonds. The molecular formula is C13H9ClFNO. The molecule has 2 rings (SSSR count). The number of hydrogen-bond acceptors (Lipinski definition) is 2. The van der Waals surface area contributed by atoms with Crippen LogP contribution in [0.2, 0.25) is 5.15 Å². The van der Waals surface area contributed by atoms with E-state index < -0.39 is 5.92 Å². The van der Waals surface area contributed by atoms with Gasteiger partial charge in [0.05, 0.1) is 5.92 Å². The van der Waals surface area contributed by atoms with Gasteiger partial charge in [-0.05, 0) is 29.3 Å².